The molecule has 2 rings (SSSR count). The van der Waals surface area contributed by atoms with Crippen LogP contribution in [0.5, 0.6) is 0 Å². The van der Waals surface area contributed by atoms with Crippen molar-refractivity contribution < 1.29 is 8.78 Å². The number of nitrogens with zero attached hydrogens (tertiary/aromatic N) is 3. The maximum absolute atomic E-state index is 12.4. The van der Waals surface area contributed by atoms with Gasteiger partial charge in [0.25, 0.3) is 6.43 Å². The van der Waals surface area contributed by atoms with Crippen molar-refractivity contribution in [2.45, 2.75) is 26.2 Å². The Morgan fingerprint density at radius 3 is 2.72 bits per heavy atom. The molecule has 1 aromatic rings. The maximum Gasteiger partial charge on any atom is 0.296 e. The van der Waals surface area contributed by atoms with E-state index in [1.807, 2.05) is 4.90 Å². The number of aromatic nitrogens is 3. The third-order valence-corrected chi connectivity index (χ3v) is 3.28. The Labute approximate surface area is 105 Å². The largest absolute Gasteiger partial charge is 0.340 e. The van der Waals surface area contributed by atoms with Gasteiger partial charge in [0.15, 0.2) is 5.82 Å². The van der Waals surface area contributed by atoms with Crippen molar-refractivity contribution in [3.8, 4) is 0 Å². The van der Waals surface area contributed by atoms with Gasteiger partial charge in [0.2, 0.25) is 5.95 Å². The minimum Gasteiger partial charge on any atom is -0.340 e. The van der Waals surface area contributed by atoms with Gasteiger partial charge < -0.3 is 10.2 Å². The number of rotatable bonds is 5. The third-order valence-electron chi connectivity index (χ3n) is 3.28. The summed E-state index contributed by atoms with van der Waals surface area (Å²) in [5, 5.41) is 9.46. The first-order valence-electron chi connectivity index (χ1n) is 6.36. The molecule has 2 heterocycles. The van der Waals surface area contributed by atoms with E-state index in [4.69, 9.17) is 0 Å². The predicted octanol–water partition coefficient (Wildman–Crippen LogP) is 1.57. The van der Waals surface area contributed by atoms with Gasteiger partial charge in [-0.3, -0.25) is 5.10 Å². The number of alkyl halides is 2. The van der Waals surface area contributed by atoms with Crippen LogP contribution in [0, 0.1) is 5.92 Å². The van der Waals surface area contributed by atoms with Crippen LogP contribution in [0.1, 0.15) is 32.0 Å². The first-order chi connectivity index (χ1) is 8.70. The van der Waals surface area contributed by atoms with E-state index in [0.29, 0.717) is 11.9 Å². The summed E-state index contributed by atoms with van der Waals surface area (Å²) in [6.07, 6.45) is -0.491. The molecule has 0 bridgehead atoms. The van der Waals surface area contributed by atoms with E-state index in [9.17, 15) is 8.78 Å². The van der Waals surface area contributed by atoms with Crippen LogP contribution in [-0.2, 0) is 0 Å². The Kier molecular flexibility index (Phi) is 4.46. The van der Waals surface area contributed by atoms with Crippen molar-refractivity contribution in [1.82, 2.24) is 20.5 Å². The minimum atomic E-state index is -2.59. The molecule has 1 fully saturated rings. The second kappa shape index (κ2) is 6.08. The number of H-pyrrole nitrogens is 1. The van der Waals surface area contributed by atoms with Crippen LogP contribution in [0.2, 0.25) is 0 Å². The number of hydrogen-bond acceptors (Lipinski definition) is 4. The van der Waals surface area contributed by atoms with Crippen LogP contribution in [0.3, 0.4) is 0 Å². The van der Waals surface area contributed by atoms with Crippen LogP contribution in [-0.4, -0.2) is 41.4 Å². The van der Waals surface area contributed by atoms with Crippen molar-refractivity contribution in [2.24, 2.45) is 5.92 Å². The number of anilines is 1. The van der Waals surface area contributed by atoms with Crippen LogP contribution >= 0.6 is 0 Å². The van der Waals surface area contributed by atoms with E-state index in [0.717, 1.165) is 39.0 Å². The Morgan fingerprint density at radius 2 is 2.17 bits per heavy atom. The molecule has 0 unspecified atom stereocenters. The van der Waals surface area contributed by atoms with Gasteiger partial charge in [-0.1, -0.05) is 6.92 Å². The first-order valence-corrected chi connectivity index (χ1v) is 6.36. The predicted molar refractivity (Wildman–Crippen MR) is 64.8 cm³/mol. The van der Waals surface area contributed by atoms with Crippen LogP contribution < -0.4 is 10.2 Å². The van der Waals surface area contributed by atoms with Gasteiger partial charge in [0, 0.05) is 13.1 Å². The zero-order valence-corrected chi connectivity index (χ0v) is 10.5. The highest BCUT2D eigenvalue weighted by atomic mass is 19.3. The van der Waals surface area contributed by atoms with Crippen molar-refractivity contribution in [3.63, 3.8) is 0 Å². The summed E-state index contributed by atoms with van der Waals surface area (Å²) in [4.78, 5) is 5.78. The van der Waals surface area contributed by atoms with Gasteiger partial charge in [-0.05, 0) is 31.8 Å². The Bertz CT molecular complexity index is 360. The Morgan fingerprint density at radius 1 is 1.44 bits per heavy atom. The third kappa shape index (κ3) is 3.16. The van der Waals surface area contributed by atoms with Gasteiger partial charge in [-0.25, -0.2) is 8.78 Å². The highest BCUT2D eigenvalue weighted by molar-refractivity contribution is 5.29. The van der Waals surface area contributed by atoms with Crippen molar-refractivity contribution in [1.29, 1.82) is 0 Å². The maximum atomic E-state index is 12.4. The molecule has 0 amide bonds. The van der Waals surface area contributed by atoms with Gasteiger partial charge in [-0.15, -0.1) is 5.10 Å². The van der Waals surface area contributed by atoms with E-state index in [2.05, 4.69) is 27.4 Å². The summed E-state index contributed by atoms with van der Waals surface area (Å²) < 4.78 is 24.8. The lowest BCUT2D eigenvalue weighted by Gasteiger charge is -2.31. The SMILES string of the molecule is CCNCC1CCN(c2n[nH]c(C(F)F)n2)CC1. The van der Waals surface area contributed by atoms with Gasteiger partial charge >= 0.3 is 0 Å². The molecule has 0 atom stereocenters. The lowest BCUT2D eigenvalue weighted by Crippen LogP contribution is -2.37. The summed E-state index contributed by atoms with van der Waals surface area (Å²) in [5.74, 6) is 0.710. The molecule has 1 aromatic heterocycles. The lowest BCUT2D eigenvalue weighted by atomic mass is 9.97. The van der Waals surface area contributed by atoms with Crippen LogP contribution in [0.15, 0.2) is 0 Å². The molecule has 0 radical (unpaired) electrons. The Balaban J connectivity index is 1.85. The van der Waals surface area contributed by atoms with E-state index in [-0.39, 0.29) is 5.82 Å². The molecule has 2 N–H and O–H groups in total. The normalized spacial score (nSPS) is 17.7. The molecular weight excluding hydrogens is 240 g/mol. The average Bonchev–Trinajstić information content (AvgIpc) is 2.87. The summed E-state index contributed by atoms with van der Waals surface area (Å²) in [6.45, 7) is 5.77. The fraction of sp³-hybridized carbons (Fsp3) is 0.818. The molecule has 0 saturated carbocycles. The van der Waals surface area contributed by atoms with Crippen molar-refractivity contribution in [3.05, 3.63) is 5.82 Å². The molecule has 7 heteroatoms. The molecule has 1 saturated heterocycles. The molecule has 0 aliphatic carbocycles. The summed E-state index contributed by atoms with van der Waals surface area (Å²) >= 11 is 0. The van der Waals surface area contributed by atoms with E-state index in [1.165, 1.54) is 0 Å². The number of aromatic amines is 1. The van der Waals surface area contributed by atoms with Gasteiger partial charge in [0.1, 0.15) is 0 Å². The summed E-state index contributed by atoms with van der Waals surface area (Å²) in [5.41, 5.74) is 0. The second-order valence-corrected chi connectivity index (χ2v) is 4.56. The zero-order valence-electron chi connectivity index (χ0n) is 10.5. The number of hydrogen-bond donors (Lipinski definition) is 2. The average molecular weight is 259 g/mol. The first kappa shape index (κ1) is 13.2. The standard InChI is InChI=1S/C11H19F2N5/c1-2-14-7-8-3-5-18(6-4-8)11-15-10(9(12)13)16-17-11/h8-9,14H,2-7H2,1H3,(H,15,16,17). The molecule has 0 spiro atoms. The molecule has 1 aliphatic rings. The van der Waals surface area contributed by atoms with Crippen molar-refractivity contribution in [2.75, 3.05) is 31.1 Å². The molecule has 5 nitrogen and oxygen atoms in total. The molecule has 0 aromatic carbocycles. The fourth-order valence-electron chi connectivity index (χ4n) is 2.19. The van der Waals surface area contributed by atoms with E-state index < -0.39 is 6.43 Å². The monoisotopic (exact) mass is 259 g/mol. The zero-order chi connectivity index (χ0) is 13.0. The smallest absolute Gasteiger partial charge is 0.296 e. The van der Waals surface area contributed by atoms with Crippen molar-refractivity contribution >= 4 is 5.95 Å². The fourth-order valence-corrected chi connectivity index (χ4v) is 2.19. The van der Waals surface area contributed by atoms with Gasteiger partial charge in [-0.2, -0.15) is 4.98 Å². The summed E-state index contributed by atoms with van der Waals surface area (Å²) in [7, 11) is 0. The van der Waals surface area contributed by atoms with Gasteiger partial charge in [0.05, 0.1) is 0 Å². The molecule has 18 heavy (non-hydrogen) atoms. The number of piperidine rings is 1. The van der Waals surface area contributed by atoms with E-state index >= 15 is 0 Å². The molecule has 102 valence electrons. The minimum absolute atomic E-state index is 0.347. The quantitative estimate of drug-likeness (QED) is 0.842. The highest BCUT2D eigenvalue weighted by Gasteiger charge is 2.22. The Hall–Kier alpha value is -1.24. The van der Waals surface area contributed by atoms with E-state index in [1.54, 1.807) is 0 Å². The lowest BCUT2D eigenvalue weighted by molar-refractivity contribution is 0.141. The highest BCUT2D eigenvalue weighted by Crippen LogP contribution is 2.22. The number of nitrogens with one attached hydrogen (secondary N) is 2. The molecule has 1 aliphatic heterocycles. The van der Waals surface area contributed by atoms with Crippen LogP contribution in [0.25, 0.3) is 0 Å². The number of halogens is 2. The summed E-state index contributed by atoms with van der Waals surface area (Å²) in [6, 6.07) is 0. The topological polar surface area (TPSA) is 56.8 Å². The molecular formula is C11H19F2N5. The van der Waals surface area contributed by atoms with Crippen LogP contribution in [0.4, 0.5) is 14.7 Å². The second-order valence-electron chi connectivity index (χ2n) is 4.56.